The van der Waals surface area contributed by atoms with Crippen LogP contribution in [-0.4, -0.2) is 56.6 Å². The summed E-state index contributed by atoms with van der Waals surface area (Å²) in [7, 11) is 0. The summed E-state index contributed by atoms with van der Waals surface area (Å²) < 4.78 is 8.42. The van der Waals surface area contributed by atoms with E-state index in [1.165, 1.54) is 31.2 Å². The van der Waals surface area contributed by atoms with E-state index in [9.17, 15) is 9.59 Å². The van der Waals surface area contributed by atoms with E-state index in [2.05, 4.69) is 28.4 Å². The van der Waals surface area contributed by atoms with Crippen LogP contribution >= 0.6 is 0 Å². The largest absolute Gasteiger partial charge is 0.376 e. The van der Waals surface area contributed by atoms with E-state index in [4.69, 9.17) is 4.74 Å². The molecule has 0 unspecified atom stereocenters. The van der Waals surface area contributed by atoms with Crippen LogP contribution in [0.2, 0.25) is 0 Å². The van der Waals surface area contributed by atoms with Crippen LogP contribution < -0.4 is 5.43 Å². The van der Waals surface area contributed by atoms with Gasteiger partial charge in [-0.25, -0.2) is 4.68 Å². The number of ether oxygens (including phenoxy) is 1. The first kappa shape index (κ1) is 20.4. The zero-order chi connectivity index (χ0) is 21.4. The van der Waals surface area contributed by atoms with Crippen molar-refractivity contribution in [3.8, 4) is 0 Å². The third kappa shape index (κ3) is 4.44. The highest BCUT2D eigenvalue weighted by Gasteiger charge is 2.45. The molecule has 0 bridgehead atoms. The van der Waals surface area contributed by atoms with Gasteiger partial charge in [0.1, 0.15) is 5.69 Å². The molecule has 8 heteroatoms. The number of carbonyl (C=O) groups is 1. The summed E-state index contributed by atoms with van der Waals surface area (Å²) in [5.41, 5.74) is 1.24. The summed E-state index contributed by atoms with van der Waals surface area (Å²) in [5, 5.41) is 8.80. The standard InChI is InChI=1S/C23H31N5O3/c1-2-3-18-13-28(26-25-18)21-8-16-11-27(23(30)20-10-19(29)6-7-24-20)12-17(16)9-22(21)31-14-15-4-5-15/h6-7,10,13,15-17,21-22H,2-5,8-9,11-12,14H2,1H3,(H,24,29)/t16-,17+,21-,22-/m1/s1. The zero-order valence-electron chi connectivity index (χ0n) is 18.1. The first-order valence-corrected chi connectivity index (χ1v) is 11.6. The molecule has 1 N–H and O–H groups in total. The summed E-state index contributed by atoms with van der Waals surface area (Å²) in [4.78, 5) is 29.5. The maximum absolute atomic E-state index is 13.0. The molecule has 0 spiro atoms. The molecule has 3 fully saturated rings. The third-order valence-corrected chi connectivity index (χ3v) is 7.02. The van der Waals surface area contributed by atoms with Crippen LogP contribution in [0.4, 0.5) is 0 Å². The topological polar surface area (TPSA) is 93.1 Å². The van der Waals surface area contributed by atoms with Crippen molar-refractivity contribution in [2.24, 2.45) is 17.8 Å². The van der Waals surface area contributed by atoms with Gasteiger partial charge in [-0.15, -0.1) is 5.10 Å². The molecule has 31 heavy (non-hydrogen) atoms. The number of hydrogen-bond donors (Lipinski definition) is 1. The van der Waals surface area contributed by atoms with Crippen LogP contribution in [0.5, 0.6) is 0 Å². The highest BCUT2D eigenvalue weighted by molar-refractivity contribution is 5.92. The fraction of sp³-hybridized carbons (Fsp3) is 0.652. The molecule has 2 aromatic rings. The molecule has 8 nitrogen and oxygen atoms in total. The second-order valence-electron chi connectivity index (χ2n) is 9.46. The fourth-order valence-corrected chi connectivity index (χ4v) is 5.14. The number of rotatable bonds is 7. The van der Waals surface area contributed by atoms with E-state index < -0.39 is 0 Å². The van der Waals surface area contributed by atoms with Gasteiger partial charge in [-0.3, -0.25) is 9.59 Å². The Morgan fingerprint density at radius 2 is 2.06 bits per heavy atom. The molecule has 2 aliphatic carbocycles. The summed E-state index contributed by atoms with van der Waals surface area (Å²) in [6, 6.07) is 2.97. The lowest BCUT2D eigenvalue weighted by Gasteiger charge is -2.37. The van der Waals surface area contributed by atoms with Gasteiger partial charge in [0, 0.05) is 44.2 Å². The highest BCUT2D eigenvalue weighted by Crippen LogP contribution is 2.43. The van der Waals surface area contributed by atoms with Gasteiger partial charge >= 0.3 is 0 Å². The Morgan fingerprint density at radius 1 is 1.26 bits per heavy atom. The summed E-state index contributed by atoms with van der Waals surface area (Å²) in [5.74, 6) is 1.44. The molecule has 166 valence electrons. The quantitative estimate of drug-likeness (QED) is 0.735. The number of carbonyl (C=O) groups excluding carboxylic acids is 1. The number of aromatic amines is 1. The Hall–Kier alpha value is -2.48. The van der Waals surface area contributed by atoms with Crippen molar-refractivity contribution < 1.29 is 9.53 Å². The lowest BCUT2D eigenvalue weighted by atomic mass is 9.77. The van der Waals surface area contributed by atoms with Gasteiger partial charge in [0.25, 0.3) is 5.91 Å². The van der Waals surface area contributed by atoms with Gasteiger partial charge in [-0.05, 0) is 49.9 Å². The number of nitrogens with one attached hydrogen (secondary N) is 1. The molecule has 2 aromatic heterocycles. The monoisotopic (exact) mass is 425 g/mol. The normalized spacial score (nSPS) is 28.0. The van der Waals surface area contributed by atoms with E-state index in [1.807, 2.05) is 9.58 Å². The van der Waals surface area contributed by atoms with Crippen molar-refractivity contribution in [2.45, 2.75) is 57.6 Å². The first-order chi connectivity index (χ1) is 15.1. The average Bonchev–Trinajstić information content (AvgIpc) is 3.32. The van der Waals surface area contributed by atoms with Crippen LogP contribution in [0.3, 0.4) is 0 Å². The van der Waals surface area contributed by atoms with E-state index in [0.29, 0.717) is 30.0 Å². The number of hydrogen-bond acceptors (Lipinski definition) is 5. The van der Waals surface area contributed by atoms with Gasteiger partial charge in [-0.1, -0.05) is 18.6 Å². The molecular formula is C23H31N5O3. The maximum Gasteiger partial charge on any atom is 0.270 e. The number of aromatic nitrogens is 4. The minimum Gasteiger partial charge on any atom is -0.376 e. The number of aryl methyl sites for hydroxylation is 1. The minimum atomic E-state index is -0.151. The lowest BCUT2D eigenvalue weighted by Crippen LogP contribution is -2.38. The summed E-state index contributed by atoms with van der Waals surface area (Å²) >= 11 is 0. The van der Waals surface area contributed by atoms with Gasteiger partial charge in [0.05, 0.1) is 17.8 Å². The van der Waals surface area contributed by atoms with Gasteiger partial charge in [0.15, 0.2) is 5.43 Å². The molecule has 1 saturated heterocycles. The highest BCUT2D eigenvalue weighted by atomic mass is 16.5. The predicted octanol–water partition coefficient (Wildman–Crippen LogP) is 2.44. The zero-order valence-corrected chi connectivity index (χ0v) is 18.1. The van der Waals surface area contributed by atoms with Crippen molar-refractivity contribution in [3.05, 3.63) is 46.1 Å². The SMILES string of the molecule is CCCc1cn([C@@H]2C[C@@H]3CN(C(=O)c4cc(=O)cc[nH]4)C[C@@H]3C[C@H]2OCC2CC2)nn1. The predicted molar refractivity (Wildman–Crippen MR) is 115 cm³/mol. The fourth-order valence-electron chi connectivity index (χ4n) is 5.14. The van der Waals surface area contributed by atoms with Crippen molar-refractivity contribution in [3.63, 3.8) is 0 Å². The Morgan fingerprint density at radius 3 is 2.81 bits per heavy atom. The molecule has 0 aromatic carbocycles. The molecule has 4 atom stereocenters. The molecule has 3 heterocycles. The minimum absolute atomic E-state index is 0.0925. The van der Waals surface area contributed by atoms with E-state index >= 15 is 0 Å². The lowest BCUT2D eigenvalue weighted by molar-refractivity contribution is -0.0375. The number of fused-ring (bicyclic) bond motifs is 1. The van der Waals surface area contributed by atoms with Crippen LogP contribution in [0.1, 0.15) is 61.3 Å². The Bertz CT molecular complexity index is 981. The van der Waals surface area contributed by atoms with Crippen molar-refractivity contribution in [1.82, 2.24) is 24.9 Å². The van der Waals surface area contributed by atoms with Crippen molar-refractivity contribution in [2.75, 3.05) is 19.7 Å². The van der Waals surface area contributed by atoms with Crippen LogP contribution in [0.15, 0.2) is 29.3 Å². The molecule has 5 rings (SSSR count). The van der Waals surface area contributed by atoms with Gasteiger partial charge < -0.3 is 14.6 Å². The third-order valence-electron chi connectivity index (χ3n) is 7.02. The second kappa shape index (κ2) is 8.57. The van der Waals surface area contributed by atoms with Crippen molar-refractivity contribution >= 4 is 5.91 Å². The molecule has 0 radical (unpaired) electrons. The number of pyridine rings is 1. The molecule has 2 saturated carbocycles. The molecular weight excluding hydrogens is 394 g/mol. The van der Waals surface area contributed by atoms with Crippen LogP contribution in [0.25, 0.3) is 0 Å². The van der Waals surface area contributed by atoms with Gasteiger partial charge in [-0.2, -0.15) is 0 Å². The number of H-pyrrole nitrogens is 1. The average molecular weight is 426 g/mol. The van der Waals surface area contributed by atoms with Crippen molar-refractivity contribution in [1.29, 1.82) is 0 Å². The smallest absolute Gasteiger partial charge is 0.270 e. The number of likely N-dealkylation sites (tertiary alicyclic amines) is 1. The number of amides is 1. The summed E-state index contributed by atoms with van der Waals surface area (Å²) in [6.45, 7) is 4.40. The summed E-state index contributed by atoms with van der Waals surface area (Å²) in [6.07, 6.45) is 10.1. The van der Waals surface area contributed by atoms with E-state index in [1.54, 1.807) is 0 Å². The molecule has 1 amide bonds. The maximum atomic E-state index is 13.0. The van der Waals surface area contributed by atoms with Gasteiger partial charge in [0.2, 0.25) is 0 Å². The Balaban J connectivity index is 1.32. The van der Waals surface area contributed by atoms with Crippen LogP contribution in [-0.2, 0) is 11.2 Å². The second-order valence-corrected chi connectivity index (χ2v) is 9.46. The van der Waals surface area contributed by atoms with Crippen LogP contribution in [0, 0.1) is 17.8 Å². The Labute approximate surface area is 182 Å². The molecule has 3 aliphatic rings. The number of nitrogens with zero attached hydrogens (tertiary/aromatic N) is 4. The van der Waals surface area contributed by atoms with E-state index in [-0.39, 0.29) is 23.5 Å². The Kier molecular flexibility index (Phi) is 5.65. The first-order valence-electron chi connectivity index (χ1n) is 11.6. The van der Waals surface area contributed by atoms with E-state index in [0.717, 1.165) is 44.5 Å². The molecule has 1 aliphatic heterocycles.